The number of sulfonamides is 1. The van der Waals surface area contributed by atoms with Crippen LogP contribution in [0.3, 0.4) is 0 Å². The molecule has 0 saturated carbocycles. The molecule has 14 nitrogen and oxygen atoms in total. The topological polar surface area (TPSA) is 199 Å². The zero-order valence-electron chi connectivity index (χ0n) is 33.7. The Labute approximate surface area is 344 Å². The number of benzene rings is 1. The second kappa shape index (κ2) is 18.7. The van der Waals surface area contributed by atoms with Crippen LogP contribution in [0.25, 0.3) is 5.57 Å². The number of thiophene rings is 1. The van der Waals surface area contributed by atoms with Crippen LogP contribution in [0.1, 0.15) is 103 Å². The number of nitrogens with zero attached hydrogens (tertiary/aromatic N) is 1. The number of nitrogens with one attached hydrogen (secondary N) is 2. The summed E-state index contributed by atoms with van der Waals surface area (Å²) >= 11 is 0.570. The predicted molar refractivity (Wildman–Crippen MR) is 218 cm³/mol. The fraction of sp³-hybridized carbons (Fsp3) is 0.488. The summed E-state index contributed by atoms with van der Waals surface area (Å²) in [6, 6.07) is 5.67. The molecule has 1 aromatic carbocycles. The first kappa shape index (κ1) is 44.8. The van der Waals surface area contributed by atoms with Gasteiger partial charge in [-0.3, -0.25) is 19.2 Å². The van der Waals surface area contributed by atoms with Gasteiger partial charge >= 0.3 is 11.9 Å². The van der Waals surface area contributed by atoms with Crippen LogP contribution in [-0.2, 0) is 55.0 Å². The highest BCUT2D eigenvalue weighted by Gasteiger charge is 2.40. The van der Waals surface area contributed by atoms with Gasteiger partial charge in [-0.2, -0.15) is 0 Å². The van der Waals surface area contributed by atoms with E-state index in [0.717, 1.165) is 53.9 Å². The normalized spacial score (nSPS) is 19.4. The van der Waals surface area contributed by atoms with Gasteiger partial charge in [0.15, 0.2) is 28.0 Å². The Bertz CT molecular complexity index is 2320. The molecular weight excluding hydrogens is 807 g/mol. The molecule has 5 rings (SSSR count). The van der Waals surface area contributed by atoms with Crippen molar-refractivity contribution in [2.75, 3.05) is 32.8 Å². The molecule has 2 atom stereocenters. The number of rotatable bonds is 18. The van der Waals surface area contributed by atoms with Crippen molar-refractivity contribution in [3.8, 4) is 5.75 Å². The van der Waals surface area contributed by atoms with Crippen molar-refractivity contribution in [3.63, 3.8) is 0 Å². The Morgan fingerprint density at radius 2 is 1.72 bits per heavy atom. The minimum absolute atomic E-state index is 0.0601. The summed E-state index contributed by atoms with van der Waals surface area (Å²) < 4.78 is 63.7. The molecule has 58 heavy (non-hydrogen) atoms. The fourth-order valence-corrected chi connectivity index (χ4v) is 12.5. The van der Waals surface area contributed by atoms with Crippen LogP contribution in [-0.4, -0.2) is 89.2 Å². The first-order chi connectivity index (χ1) is 27.4. The van der Waals surface area contributed by atoms with E-state index in [0.29, 0.717) is 47.4 Å². The van der Waals surface area contributed by atoms with Gasteiger partial charge in [0.05, 0.1) is 11.7 Å². The van der Waals surface area contributed by atoms with Crippen LogP contribution in [0.15, 0.2) is 61.1 Å². The predicted octanol–water partition coefficient (Wildman–Crippen LogP) is 4.93. The molecule has 1 aliphatic heterocycles. The second-order valence-corrected chi connectivity index (χ2v) is 20.2. The maximum Gasteiger partial charge on any atom is 0.349 e. The van der Waals surface area contributed by atoms with Crippen molar-refractivity contribution in [3.05, 3.63) is 69.3 Å². The molecule has 0 spiro atoms. The lowest BCUT2D eigenvalue weighted by molar-refractivity contribution is -0.154. The molecule has 0 unspecified atom stereocenters. The van der Waals surface area contributed by atoms with Gasteiger partial charge in [-0.05, 0) is 113 Å². The molecule has 0 saturated heterocycles. The molecule has 2 heterocycles. The van der Waals surface area contributed by atoms with Gasteiger partial charge in [0.1, 0.15) is 14.2 Å². The Morgan fingerprint density at radius 3 is 2.41 bits per heavy atom. The number of amides is 1. The monoisotopic (exact) mass is 857 g/mol. The molecule has 17 heteroatoms. The number of ketones is 2. The van der Waals surface area contributed by atoms with Gasteiger partial charge in [0.2, 0.25) is 5.91 Å². The Hall–Kier alpha value is -4.29. The standard InChI is InChI=1S/C41H51N3O11S3/c1-7-42-33-18-25(5)57(50,51)41-32(33)22-39(56-41)58(52,53)43-36(47)14-15-37(48)54-23-38(49)55-29-13-12-27-20-35(46)31(30(27)21-29)19-28-17-24(4)40(26(28)6)34(45)11-10-16-44(8-2)9-3/h12-13,19,21-22,25,33,42H,7-11,14-18,20,23H2,1-6H3,(H,43,47)/b31-19-/t25-,33-/m0/s1. The number of Topliss-reactive ketones (excluding diaryl/α,β-unsaturated/α-hetero) is 2. The largest absolute Gasteiger partial charge is 0.454 e. The van der Waals surface area contributed by atoms with Crippen LogP contribution >= 0.6 is 11.3 Å². The van der Waals surface area contributed by atoms with Crippen molar-refractivity contribution >= 4 is 66.2 Å². The molecule has 0 radical (unpaired) electrons. The second-order valence-electron chi connectivity index (χ2n) is 14.7. The summed E-state index contributed by atoms with van der Waals surface area (Å²) in [5.41, 5.74) is 5.58. The van der Waals surface area contributed by atoms with Gasteiger partial charge in [-0.25, -0.2) is 26.4 Å². The Morgan fingerprint density at radius 1 is 1.00 bits per heavy atom. The average Bonchev–Trinajstić information content (AvgIpc) is 3.84. The number of hydrogen-bond donors (Lipinski definition) is 2. The van der Waals surface area contributed by atoms with Gasteiger partial charge in [0.25, 0.3) is 10.0 Å². The third-order valence-corrected chi connectivity index (χ3v) is 16.4. The van der Waals surface area contributed by atoms with Crippen LogP contribution in [0, 0.1) is 0 Å². The van der Waals surface area contributed by atoms with Gasteiger partial charge in [0, 0.05) is 42.0 Å². The van der Waals surface area contributed by atoms with Gasteiger partial charge in [-0.1, -0.05) is 32.4 Å². The molecule has 2 aromatic rings. The number of esters is 2. The molecule has 1 amide bonds. The number of carbonyl (C=O) groups excluding carboxylic acids is 5. The molecule has 314 valence electrons. The molecule has 3 aliphatic rings. The zero-order chi connectivity index (χ0) is 42.5. The molecule has 2 aliphatic carbocycles. The minimum atomic E-state index is -4.45. The number of carbonyl (C=O) groups is 5. The number of hydrogen-bond acceptors (Lipinski definition) is 14. The molecular formula is C41H51N3O11S3. The smallest absolute Gasteiger partial charge is 0.349 e. The number of fused-ring (bicyclic) bond motifs is 2. The van der Waals surface area contributed by atoms with E-state index < -0.39 is 62.4 Å². The highest BCUT2D eigenvalue weighted by molar-refractivity contribution is 7.95. The maximum absolute atomic E-state index is 13.2. The third kappa shape index (κ3) is 10.1. The number of allylic oxidation sites excluding steroid dienone is 6. The van der Waals surface area contributed by atoms with Crippen molar-refractivity contribution in [1.29, 1.82) is 0 Å². The van der Waals surface area contributed by atoms with E-state index >= 15 is 0 Å². The fourth-order valence-electron chi connectivity index (χ4n) is 7.51. The first-order valence-corrected chi connectivity index (χ1v) is 23.3. The van der Waals surface area contributed by atoms with Gasteiger partial charge < -0.3 is 19.7 Å². The van der Waals surface area contributed by atoms with Crippen molar-refractivity contribution in [2.45, 2.75) is 106 Å². The van der Waals surface area contributed by atoms with Crippen molar-refractivity contribution < 1.29 is 50.3 Å². The summed E-state index contributed by atoms with van der Waals surface area (Å²) in [6.07, 6.45) is 2.89. The lowest BCUT2D eigenvalue weighted by atomic mass is 9.98. The Balaban J connectivity index is 1.14. The minimum Gasteiger partial charge on any atom is -0.454 e. The van der Waals surface area contributed by atoms with E-state index in [9.17, 15) is 40.8 Å². The number of ether oxygens (including phenoxy) is 2. The summed E-state index contributed by atoms with van der Waals surface area (Å²) in [7, 11) is -8.20. The van der Waals surface area contributed by atoms with Crippen LogP contribution < -0.4 is 14.8 Å². The van der Waals surface area contributed by atoms with Crippen molar-refractivity contribution in [2.24, 2.45) is 0 Å². The summed E-state index contributed by atoms with van der Waals surface area (Å²) in [5.74, 6) is -2.78. The highest BCUT2D eigenvalue weighted by atomic mass is 32.3. The SMILES string of the molecule is CCN[C@H]1C[C@H](C)S(=O)(=O)c2sc(S(=O)(=O)NC(=O)CCC(=O)OCC(=O)Oc3ccc4c(c3)/C(=C/C3=C(C)C(C(=O)CCCN(CC)CC)=C(C)C3)C(=O)C4)cc21. The summed E-state index contributed by atoms with van der Waals surface area (Å²) in [6.45, 7) is 13.9. The molecule has 0 bridgehead atoms. The number of sulfone groups is 1. The summed E-state index contributed by atoms with van der Waals surface area (Å²) in [5, 5.41) is 2.45. The van der Waals surface area contributed by atoms with E-state index in [1.165, 1.54) is 12.1 Å². The lowest BCUT2D eigenvalue weighted by Crippen LogP contribution is -2.33. The average molecular weight is 858 g/mol. The van der Waals surface area contributed by atoms with Crippen LogP contribution in [0.5, 0.6) is 5.75 Å². The van der Waals surface area contributed by atoms with E-state index in [2.05, 4.69) is 24.1 Å². The van der Waals surface area contributed by atoms with Crippen molar-refractivity contribution in [1.82, 2.24) is 14.9 Å². The van der Waals surface area contributed by atoms with E-state index in [1.807, 2.05) is 31.6 Å². The van der Waals surface area contributed by atoms with E-state index in [4.69, 9.17) is 9.47 Å². The lowest BCUT2D eigenvalue weighted by Gasteiger charge is -2.27. The Kier molecular flexibility index (Phi) is 14.5. The maximum atomic E-state index is 13.2. The van der Waals surface area contributed by atoms with Crippen LogP contribution in [0.4, 0.5) is 0 Å². The first-order valence-electron chi connectivity index (χ1n) is 19.5. The van der Waals surface area contributed by atoms with E-state index in [1.54, 1.807) is 19.1 Å². The summed E-state index contributed by atoms with van der Waals surface area (Å²) in [4.78, 5) is 66.2. The van der Waals surface area contributed by atoms with Crippen LogP contribution in [0.2, 0.25) is 0 Å². The highest BCUT2D eigenvalue weighted by Crippen LogP contribution is 2.43. The zero-order valence-corrected chi connectivity index (χ0v) is 36.1. The quantitative estimate of drug-likeness (QED) is 0.116. The van der Waals surface area contributed by atoms with Gasteiger partial charge in [-0.15, -0.1) is 11.3 Å². The third-order valence-electron chi connectivity index (χ3n) is 10.7. The molecule has 2 N–H and O–H groups in total. The van der Waals surface area contributed by atoms with E-state index in [-0.39, 0.29) is 44.6 Å². The molecule has 1 aromatic heterocycles. The molecule has 0 fully saturated rings.